The van der Waals surface area contributed by atoms with Crippen molar-refractivity contribution in [1.82, 2.24) is 9.88 Å². The largest absolute Gasteiger partial charge is 0.462 e. The van der Waals surface area contributed by atoms with E-state index in [1.807, 2.05) is 55.1 Å². The van der Waals surface area contributed by atoms with Crippen LogP contribution >= 0.6 is 0 Å². The van der Waals surface area contributed by atoms with Gasteiger partial charge in [-0.15, -0.1) is 0 Å². The second-order valence-electron chi connectivity index (χ2n) is 7.58. The van der Waals surface area contributed by atoms with Crippen molar-refractivity contribution in [3.05, 3.63) is 54.2 Å². The number of para-hydroxylation sites is 1. The molecule has 1 aromatic carbocycles. The number of nitrogens with zero attached hydrogens (tertiary/aromatic N) is 4. The molecule has 0 spiro atoms. The predicted molar refractivity (Wildman–Crippen MR) is 118 cm³/mol. The summed E-state index contributed by atoms with van der Waals surface area (Å²) in [7, 11) is 0. The Hall–Kier alpha value is -2.93. The molecule has 2 aromatic rings. The Balaban J connectivity index is 1.55. The van der Waals surface area contributed by atoms with Gasteiger partial charge in [0, 0.05) is 44.1 Å². The van der Waals surface area contributed by atoms with E-state index < -0.39 is 0 Å². The van der Waals surface area contributed by atoms with Crippen LogP contribution in [0.2, 0.25) is 0 Å². The van der Waals surface area contributed by atoms with Crippen molar-refractivity contribution in [3.63, 3.8) is 0 Å². The maximum Gasteiger partial charge on any atom is 0.339 e. The van der Waals surface area contributed by atoms with Gasteiger partial charge >= 0.3 is 5.97 Å². The summed E-state index contributed by atoms with van der Waals surface area (Å²) >= 11 is 0. The number of rotatable bonds is 7. The zero-order valence-corrected chi connectivity index (χ0v) is 18.0. The highest BCUT2D eigenvalue weighted by molar-refractivity contribution is 5.95. The van der Waals surface area contributed by atoms with Crippen molar-refractivity contribution >= 4 is 23.4 Å². The standard InChI is InChI=1S/C23H30N4O3/c1-4-30-23(29)19-10-11-21(24-16-19)26-14-12-25(13-15-26)17-22(28)27(18(2)3)20-8-6-5-7-9-20/h5-11,16,18H,4,12-15,17H2,1-3H3. The number of carbonyl (C=O) groups is 2. The highest BCUT2D eigenvalue weighted by atomic mass is 16.5. The fraction of sp³-hybridized carbons (Fsp3) is 0.435. The number of piperazine rings is 1. The molecule has 1 saturated heterocycles. The van der Waals surface area contributed by atoms with Crippen molar-refractivity contribution in [2.45, 2.75) is 26.8 Å². The Morgan fingerprint density at radius 2 is 1.77 bits per heavy atom. The van der Waals surface area contributed by atoms with Crippen molar-refractivity contribution < 1.29 is 14.3 Å². The molecule has 0 N–H and O–H groups in total. The van der Waals surface area contributed by atoms with Gasteiger partial charge in [0.2, 0.25) is 5.91 Å². The van der Waals surface area contributed by atoms with Crippen molar-refractivity contribution in [2.24, 2.45) is 0 Å². The van der Waals surface area contributed by atoms with Crippen LogP contribution in [-0.2, 0) is 9.53 Å². The topological polar surface area (TPSA) is 66.0 Å². The first-order valence-electron chi connectivity index (χ1n) is 10.5. The highest BCUT2D eigenvalue weighted by Gasteiger charge is 2.24. The number of carbonyl (C=O) groups excluding carboxylic acids is 2. The zero-order valence-electron chi connectivity index (χ0n) is 18.0. The fourth-order valence-electron chi connectivity index (χ4n) is 3.63. The van der Waals surface area contributed by atoms with E-state index in [0.717, 1.165) is 37.7 Å². The molecule has 1 amide bonds. The summed E-state index contributed by atoms with van der Waals surface area (Å²) in [5.41, 5.74) is 1.39. The molecule has 0 bridgehead atoms. The van der Waals surface area contributed by atoms with Gasteiger partial charge in [-0.2, -0.15) is 0 Å². The van der Waals surface area contributed by atoms with E-state index in [9.17, 15) is 9.59 Å². The van der Waals surface area contributed by atoms with E-state index in [1.165, 1.54) is 0 Å². The maximum atomic E-state index is 13.0. The van der Waals surface area contributed by atoms with Gasteiger partial charge in [0.25, 0.3) is 0 Å². The van der Waals surface area contributed by atoms with E-state index >= 15 is 0 Å². The lowest BCUT2D eigenvalue weighted by Crippen LogP contribution is -2.51. The van der Waals surface area contributed by atoms with E-state index in [4.69, 9.17) is 4.74 Å². The molecule has 0 aliphatic carbocycles. The smallest absolute Gasteiger partial charge is 0.339 e. The summed E-state index contributed by atoms with van der Waals surface area (Å²) < 4.78 is 5.00. The Kier molecular flexibility index (Phi) is 7.41. The van der Waals surface area contributed by atoms with Gasteiger partial charge in [-0.1, -0.05) is 18.2 Å². The summed E-state index contributed by atoms with van der Waals surface area (Å²) in [4.78, 5) is 35.4. The summed E-state index contributed by atoms with van der Waals surface area (Å²) in [5, 5.41) is 0. The minimum absolute atomic E-state index is 0.100. The Morgan fingerprint density at radius 1 is 1.07 bits per heavy atom. The molecule has 0 atom stereocenters. The van der Waals surface area contributed by atoms with Gasteiger partial charge in [-0.25, -0.2) is 9.78 Å². The number of aromatic nitrogens is 1. The number of hydrogen-bond donors (Lipinski definition) is 0. The first-order chi connectivity index (χ1) is 14.5. The van der Waals surface area contributed by atoms with Gasteiger partial charge < -0.3 is 14.5 Å². The number of benzene rings is 1. The number of pyridine rings is 1. The minimum atomic E-state index is -0.354. The first kappa shape index (κ1) is 21.8. The minimum Gasteiger partial charge on any atom is -0.462 e. The molecule has 160 valence electrons. The van der Waals surface area contributed by atoms with Crippen LogP contribution in [0.15, 0.2) is 48.7 Å². The van der Waals surface area contributed by atoms with E-state index in [0.29, 0.717) is 18.7 Å². The monoisotopic (exact) mass is 410 g/mol. The number of amides is 1. The van der Waals surface area contributed by atoms with Crippen LogP contribution in [0.4, 0.5) is 11.5 Å². The van der Waals surface area contributed by atoms with Gasteiger partial charge in [-0.05, 0) is 45.0 Å². The normalized spacial score (nSPS) is 14.6. The molecule has 7 heteroatoms. The van der Waals surface area contributed by atoms with E-state index in [-0.39, 0.29) is 17.9 Å². The van der Waals surface area contributed by atoms with Gasteiger partial charge in [0.15, 0.2) is 0 Å². The lowest BCUT2D eigenvalue weighted by molar-refractivity contribution is -0.120. The fourth-order valence-corrected chi connectivity index (χ4v) is 3.63. The number of hydrogen-bond acceptors (Lipinski definition) is 6. The Morgan fingerprint density at radius 3 is 2.33 bits per heavy atom. The number of esters is 1. The highest BCUT2D eigenvalue weighted by Crippen LogP contribution is 2.18. The van der Waals surface area contributed by atoms with Crippen molar-refractivity contribution in [3.8, 4) is 0 Å². The molecule has 1 aliphatic rings. The zero-order chi connectivity index (χ0) is 21.5. The quantitative estimate of drug-likeness (QED) is 0.654. The van der Waals surface area contributed by atoms with Crippen LogP contribution in [-0.4, -0.2) is 67.1 Å². The lowest BCUT2D eigenvalue weighted by atomic mass is 10.2. The summed E-state index contributed by atoms with van der Waals surface area (Å²) in [6, 6.07) is 13.5. The molecule has 1 aliphatic heterocycles. The van der Waals surface area contributed by atoms with Crippen LogP contribution in [0.25, 0.3) is 0 Å². The van der Waals surface area contributed by atoms with Crippen LogP contribution in [0.1, 0.15) is 31.1 Å². The molecule has 30 heavy (non-hydrogen) atoms. The Labute approximate surface area is 178 Å². The SMILES string of the molecule is CCOC(=O)c1ccc(N2CCN(CC(=O)N(c3ccccc3)C(C)C)CC2)nc1. The summed E-state index contributed by atoms with van der Waals surface area (Å²) in [5.74, 6) is 0.594. The van der Waals surface area contributed by atoms with E-state index in [1.54, 1.807) is 19.2 Å². The second-order valence-corrected chi connectivity index (χ2v) is 7.58. The Bertz CT molecular complexity index is 831. The summed E-state index contributed by atoms with van der Waals surface area (Å²) in [6.45, 7) is 9.74. The van der Waals surface area contributed by atoms with Gasteiger partial charge in [-0.3, -0.25) is 9.69 Å². The molecule has 0 unspecified atom stereocenters. The number of anilines is 2. The molecule has 7 nitrogen and oxygen atoms in total. The van der Waals surface area contributed by atoms with Crippen LogP contribution < -0.4 is 9.80 Å². The third-order valence-corrected chi connectivity index (χ3v) is 5.13. The van der Waals surface area contributed by atoms with Crippen LogP contribution in [0.5, 0.6) is 0 Å². The average molecular weight is 411 g/mol. The molecule has 0 radical (unpaired) electrons. The van der Waals surface area contributed by atoms with E-state index in [2.05, 4.69) is 14.8 Å². The molecule has 1 fully saturated rings. The number of ether oxygens (including phenoxy) is 1. The summed E-state index contributed by atoms with van der Waals surface area (Å²) in [6.07, 6.45) is 1.56. The predicted octanol–water partition coefficient (Wildman–Crippen LogP) is 2.82. The molecular formula is C23H30N4O3. The van der Waals surface area contributed by atoms with Crippen LogP contribution in [0, 0.1) is 0 Å². The molecule has 1 aromatic heterocycles. The van der Waals surface area contributed by atoms with Gasteiger partial charge in [0.1, 0.15) is 5.82 Å². The average Bonchev–Trinajstić information content (AvgIpc) is 2.75. The third kappa shape index (κ3) is 5.36. The van der Waals surface area contributed by atoms with Crippen LogP contribution in [0.3, 0.4) is 0 Å². The molecular weight excluding hydrogens is 380 g/mol. The van der Waals surface area contributed by atoms with Crippen molar-refractivity contribution in [1.29, 1.82) is 0 Å². The second kappa shape index (κ2) is 10.2. The van der Waals surface area contributed by atoms with Gasteiger partial charge in [0.05, 0.1) is 18.7 Å². The lowest BCUT2D eigenvalue weighted by Gasteiger charge is -2.36. The molecule has 2 heterocycles. The molecule has 0 saturated carbocycles. The third-order valence-electron chi connectivity index (χ3n) is 5.13. The maximum absolute atomic E-state index is 13.0. The van der Waals surface area contributed by atoms with Crippen molar-refractivity contribution in [2.75, 3.05) is 49.1 Å². The first-order valence-corrected chi connectivity index (χ1v) is 10.5. The molecule has 3 rings (SSSR count).